The number of nitro groups is 1. The molecule has 20 heavy (non-hydrogen) atoms. The Kier molecular flexibility index (Phi) is 3.42. The number of carboxylic acid groups (broad SMARTS) is 1. The molecule has 0 radical (unpaired) electrons. The van der Waals surface area contributed by atoms with Gasteiger partial charge in [-0.1, -0.05) is 13.8 Å². The molecule has 9 heteroatoms. The Hall–Kier alpha value is -2.84. The van der Waals surface area contributed by atoms with Gasteiger partial charge in [-0.2, -0.15) is 0 Å². The molecule has 0 amide bonds. The summed E-state index contributed by atoms with van der Waals surface area (Å²) in [4.78, 5) is 29.2. The van der Waals surface area contributed by atoms with E-state index in [1.165, 1.54) is 18.5 Å². The average molecular weight is 277 g/mol. The van der Waals surface area contributed by atoms with Crippen LogP contribution in [0, 0.1) is 10.1 Å². The maximum absolute atomic E-state index is 11.2. The van der Waals surface area contributed by atoms with Crippen molar-refractivity contribution in [2.45, 2.75) is 19.8 Å². The van der Waals surface area contributed by atoms with Crippen molar-refractivity contribution in [1.82, 2.24) is 19.7 Å². The third kappa shape index (κ3) is 2.46. The lowest BCUT2D eigenvalue weighted by Crippen LogP contribution is -2.12. The van der Waals surface area contributed by atoms with Gasteiger partial charge in [0.25, 0.3) is 0 Å². The third-order valence-electron chi connectivity index (χ3n) is 2.52. The topological polar surface area (TPSA) is 124 Å². The van der Waals surface area contributed by atoms with Crippen LogP contribution in [0.4, 0.5) is 5.82 Å². The van der Waals surface area contributed by atoms with Gasteiger partial charge in [0, 0.05) is 5.92 Å². The number of carbonyl (C=O) groups is 1. The predicted molar refractivity (Wildman–Crippen MR) is 66.9 cm³/mol. The second-order valence-corrected chi connectivity index (χ2v) is 4.30. The number of aromatic nitrogens is 4. The Labute approximate surface area is 113 Å². The third-order valence-corrected chi connectivity index (χ3v) is 2.52. The molecule has 2 heterocycles. The Bertz CT molecular complexity index is 679. The molecule has 0 aliphatic heterocycles. The van der Waals surface area contributed by atoms with Crippen LogP contribution in [-0.2, 0) is 0 Å². The van der Waals surface area contributed by atoms with Gasteiger partial charge in [-0.05, 0) is 4.92 Å². The molecule has 0 aliphatic carbocycles. The van der Waals surface area contributed by atoms with Gasteiger partial charge in [0.05, 0.1) is 23.6 Å². The summed E-state index contributed by atoms with van der Waals surface area (Å²) in [7, 11) is 0. The Morgan fingerprint density at radius 3 is 2.70 bits per heavy atom. The maximum Gasteiger partial charge on any atom is 0.390 e. The largest absolute Gasteiger partial charge is 0.476 e. The van der Waals surface area contributed by atoms with Crippen LogP contribution in [0.3, 0.4) is 0 Å². The number of aromatic carboxylic acids is 1. The number of carboxylic acids is 1. The van der Waals surface area contributed by atoms with Gasteiger partial charge in [-0.15, -0.1) is 4.68 Å². The van der Waals surface area contributed by atoms with Crippen LogP contribution in [0.15, 0.2) is 18.5 Å². The fraction of sp³-hybridized carbons (Fsp3) is 0.273. The Morgan fingerprint density at radius 1 is 1.50 bits per heavy atom. The van der Waals surface area contributed by atoms with Crippen LogP contribution in [-0.4, -0.2) is 35.7 Å². The number of rotatable bonds is 4. The van der Waals surface area contributed by atoms with Gasteiger partial charge in [-0.3, -0.25) is 0 Å². The van der Waals surface area contributed by atoms with E-state index in [2.05, 4.69) is 15.1 Å². The summed E-state index contributed by atoms with van der Waals surface area (Å²) in [6.07, 6.45) is 2.58. The van der Waals surface area contributed by atoms with Gasteiger partial charge in [0.2, 0.25) is 0 Å². The molecular formula is C11H11N5O4. The fourth-order valence-corrected chi connectivity index (χ4v) is 1.54. The van der Waals surface area contributed by atoms with Gasteiger partial charge >= 0.3 is 11.8 Å². The number of hydrogen-bond donors (Lipinski definition) is 1. The van der Waals surface area contributed by atoms with Crippen molar-refractivity contribution in [3.05, 3.63) is 40.1 Å². The number of nitrogens with zero attached hydrogens (tertiary/aromatic N) is 5. The second-order valence-electron chi connectivity index (χ2n) is 4.30. The summed E-state index contributed by atoms with van der Waals surface area (Å²) < 4.78 is 1.08. The summed E-state index contributed by atoms with van der Waals surface area (Å²) in [5.74, 6) is -1.28. The monoisotopic (exact) mass is 277 g/mol. The first-order valence-corrected chi connectivity index (χ1v) is 5.70. The zero-order chi connectivity index (χ0) is 14.9. The average Bonchev–Trinajstić information content (AvgIpc) is 2.87. The highest BCUT2D eigenvalue weighted by Gasteiger charge is 2.21. The first-order chi connectivity index (χ1) is 9.40. The minimum atomic E-state index is -1.25. The molecule has 0 saturated heterocycles. The van der Waals surface area contributed by atoms with Crippen LogP contribution in [0.2, 0.25) is 0 Å². The lowest BCUT2D eigenvalue weighted by molar-refractivity contribution is -0.389. The van der Waals surface area contributed by atoms with E-state index in [-0.39, 0.29) is 23.1 Å². The molecule has 0 aliphatic rings. The van der Waals surface area contributed by atoms with E-state index in [0.717, 1.165) is 4.68 Å². The van der Waals surface area contributed by atoms with E-state index in [4.69, 9.17) is 0 Å². The quantitative estimate of drug-likeness (QED) is 0.661. The molecule has 1 N–H and O–H groups in total. The molecule has 0 spiro atoms. The van der Waals surface area contributed by atoms with E-state index in [0.29, 0.717) is 5.82 Å². The zero-order valence-corrected chi connectivity index (χ0v) is 10.7. The summed E-state index contributed by atoms with van der Waals surface area (Å²) in [6.45, 7) is 3.67. The molecule has 2 rings (SSSR count). The van der Waals surface area contributed by atoms with Crippen molar-refractivity contribution in [3.8, 4) is 5.69 Å². The second kappa shape index (κ2) is 5.03. The highest BCUT2D eigenvalue weighted by Crippen LogP contribution is 2.17. The van der Waals surface area contributed by atoms with Crippen LogP contribution in [0.5, 0.6) is 0 Å². The smallest absolute Gasteiger partial charge is 0.390 e. The maximum atomic E-state index is 11.2. The summed E-state index contributed by atoms with van der Waals surface area (Å²) in [5.41, 5.74) is -0.170. The molecule has 2 aromatic heterocycles. The van der Waals surface area contributed by atoms with Gasteiger partial charge < -0.3 is 15.2 Å². The first-order valence-electron chi connectivity index (χ1n) is 5.70. The van der Waals surface area contributed by atoms with E-state index in [1.54, 1.807) is 0 Å². The van der Waals surface area contributed by atoms with E-state index in [9.17, 15) is 20.0 Å². The van der Waals surface area contributed by atoms with Crippen LogP contribution in [0.1, 0.15) is 36.1 Å². The lowest BCUT2D eigenvalue weighted by Gasteiger charge is -2.07. The highest BCUT2D eigenvalue weighted by molar-refractivity contribution is 5.89. The summed E-state index contributed by atoms with van der Waals surface area (Å²) >= 11 is 0. The SMILES string of the molecule is CC(C)c1ncc(-n2ccc([N+](=O)[O-])n2)c(C(=O)O)n1. The van der Waals surface area contributed by atoms with Crippen molar-refractivity contribution in [1.29, 1.82) is 0 Å². The molecule has 0 aromatic carbocycles. The molecule has 9 nitrogen and oxygen atoms in total. The standard InChI is InChI=1S/C11H11N5O4/c1-6(2)10-12-5-7(9(13-10)11(17)18)15-4-3-8(14-15)16(19)20/h3-6H,1-2H3,(H,17,18). The highest BCUT2D eigenvalue weighted by atomic mass is 16.6. The molecule has 0 atom stereocenters. The normalized spacial score (nSPS) is 10.8. The minimum Gasteiger partial charge on any atom is -0.476 e. The molecule has 104 valence electrons. The Morgan fingerprint density at radius 2 is 2.20 bits per heavy atom. The molecule has 0 bridgehead atoms. The van der Waals surface area contributed by atoms with E-state index < -0.39 is 10.9 Å². The molecule has 0 fully saturated rings. The van der Waals surface area contributed by atoms with Gasteiger partial charge in [0.1, 0.15) is 11.5 Å². The van der Waals surface area contributed by atoms with Crippen LogP contribution >= 0.6 is 0 Å². The van der Waals surface area contributed by atoms with Gasteiger partial charge in [0.15, 0.2) is 5.69 Å². The lowest BCUT2D eigenvalue weighted by atomic mass is 10.2. The van der Waals surface area contributed by atoms with Crippen LogP contribution < -0.4 is 0 Å². The van der Waals surface area contributed by atoms with Crippen molar-refractivity contribution >= 4 is 11.8 Å². The molecule has 0 saturated carbocycles. The summed E-state index contributed by atoms with van der Waals surface area (Å²) in [6, 6.07) is 1.17. The fourth-order valence-electron chi connectivity index (χ4n) is 1.54. The van der Waals surface area contributed by atoms with Crippen molar-refractivity contribution < 1.29 is 14.8 Å². The molecule has 0 unspecified atom stereocenters. The van der Waals surface area contributed by atoms with E-state index in [1.807, 2.05) is 13.8 Å². The van der Waals surface area contributed by atoms with E-state index >= 15 is 0 Å². The molecule has 2 aromatic rings. The predicted octanol–water partition coefficient (Wildman–Crippen LogP) is 1.39. The van der Waals surface area contributed by atoms with Crippen molar-refractivity contribution in [3.63, 3.8) is 0 Å². The summed E-state index contributed by atoms with van der Waals surface area (Å²) in [5, 5.41) is 23.4. The van der Waals surface area contributed by atoms with Crippen LogP contribution in [0.25, 0.3) is 5.69 Å². The minimum absolute atomic E-state index is 0.0332. The van der Waals surface area contributed by atoms with Crippen molar-refractivity contribution in [2.24, 2.45) is 0 Å². The van der Waals surface area contributed by atoms with Crippen molar-refractivity contribution in [2.75, 3.05) is 0 Å². The first kappa shape index (κ1) is 13.6. The molecular weight excluding hydrogens is 266 g/mol. The zero-order valence-electron chi connectivity index (χ0n) is 10.7. The number of hydrogen-bond acceptors (Lipinski definition) is 6. The Balaban J connectivity index is 2.54. The van der Waals surface area contributed by atoms with Gasteiger partial charge in [-0.25, -0.2) is 14.8 Å².